The lowest BCUT2D eigenvalue weighted by atomic mass is 10.1. The van der Waals surface area contributed by atoms with Crippen LogP contribution in [0.2, 0.25) is 0 Å². The summed E-state index contributed by atoms with van der Waals surface area (Å²) in [7, 11) is 2.42. The number of terminal acetylenes is 1. The van der Waals surface area contributed by atoms with E-state index in [1.54, 1.807) is 6.07 Å². The number of esters is 2. The minimum Gasteiger partial charge on any atom is -0.465 e. The van der Waals surface area contributed by atoms with Crippen molar-refractivity contribution in [1.82, 2.24) is 0 Å². The number of halogens is 2. The third-order valence-corrected chi connectivity index (χ3v) is 3.39. The summed E-state index contributed by atoms with van der Waals surface area (Å²) in [5, 5.41) is 0. The van der Waals surface area contributed by atoms with Gasteiger partial charge in [-0.25, -0.2) is 18.4 Å². The zero-order chi connectivity index (χ0) is 19.7. The number of rotatable bonds is 3. The van der Waals surface area contributed by atoms with Crippen LogP contribution in [0.5, 0.6) is 0 Å². The highest BCUT2D eigenvalue weighted by atomic mass is 19.1. The Labute approximate surface area is 150 Å². The van der Waals surface area contributed by atoms with Gasteiger partial charge in [-0.2, -0.15) is 0 Å². The number of methoxy groups -OCH3 is 2. The molecule has 0 aliphatic rings. The molecule has 0 saturated heterocycles. The molecular weight excluding hydrogens is 342 g/mol. The quantitative estimate of drug-likeness (QED) is 0.618. The third-order valence-electron chi connectivity index (χ3n) is 3.39. The van der Waals surface area contributed by atoms with Crippen molar-refractivity contribution < 1.29 is 27.8 Å². The molecule has 0 radical (unpaired) electrons. The summed E-state index contributed by atoms with van der Waals surface area (Å²) in [6.07, 6.45) is 5.79. The zero-order valence-electron chi connectivity index (χ0n) is 14.6. The van der Waals surface area contributed by atoms with Crippen molar-refractivity contribution in [3.05, 3.63) is 70.3 Å². The number of hydrogen-bond acceptors (Lipinski definition) is 4. The second-order valence-corrected chi connectivity index (χ2v) is 4.99. The Morgan fingerprint density at radius 3 is 1.85 bits per heavy atom. The van der Waals surface area contributed by atoms with Crippen molar-refractivity contribution in [2.45, 2.75) is 13.3 Å². The van der Waals surface area contributed by atoms with Gasteiger partial charge in [-0.3, -0.25) is 0 Å². The van der Waals surface area contributed by atoms with E-state index >= 15 is 0 Å². The molecule has 0 N–H and O–H groups in total. The molecule has 2 rings (SSSR count). The molecule has 4 nitrogen and oxygen atoms in total. The Kier molecular flexibility index (Phi) is 7.97. The first-order chi connectivity index (χ1) is 12.4. The molecule has 26 heavy (non-hydrogen) atoms. The van der Waals surface area contributed by atoms with Gasteiger partial charge in [0.2, 0.25) is 0 Å². The Morgan fingerprint density at radius 2 is 1.46 bits per heavy atom. The number of carbonyl (C=O) groups excluding carboxylic acids is 2. The van der Waals surface area contributed by atoms with Gasteiger partial charge in [0.25, 0.3) is 0 Å². The van der Waals surface area contributed by atoms with Crippen LogP contribution in [0.4, 0.5) is 8.78 Å². The van der Waals surface area contributed by atoms with Crippen molar-refractivity contribution >= 4 is 11.9 Å². The topological polar surface area (TPSA) is 52.6 Å². The summed E-state index contributed by atoms with van der Waals surface area (Å²) in [6.45, 7) is 1.92. The highest BCUT2D eigenvalue weighted by Crippen LogP contribution is 2.12. The molecule has 0 aliphatic carbocycles. The fourth-order valence-electron chi connectivity index (χ4n) is 1.93. The SMILES string of the molecule is C#Cc1ccc(C(=O)OC)c(F)c1.CCc1ccc(C(=O)OC)c(F)c1. The molecule has 0 unspecified atom stereocenters. The maximum atomic E-state index is 13.2. The van der Waals surface area contributed by atoms with Crippen molar-refractivity contribution in [3.63, 3.8) is 0 Å². The number of ether oxygens (including phenoxy) is 2. The van der Waals surface area contributed by atoms with E-state index in [0.29, 0.717) is 5.56 Å². The van der Waals surface area contributed by atoms with Crippen molar-refractivity contribution in [2.24, 2.45) is 0 Å². The summed E-state index contributed by atoms with van der Waals surface area (Å²) in [6, 6.07) is 8.42. The van der Waals surface area contributed by atoms with E-state index in [0.717, 1.165) is 18.1 Å². The Bertz CT molecular complexity index is 838. The van der Waals surface area contributed by atoms with Crippen molar-refractivity contribution in [1.29, 1.82) is 0 Å². The highest BCUT2D eigenvalue weighted by Gasteiger charge is 2.12. The Hall–Kier alpha value is -3.20. The summed E-state index contributed by atoms with van der Waals surface area (Å²) in [4.78, 5) is 21.9. The lowest BCUT2D eigenvalue weighted by Crippen LogP contribution is -2.04. The normalized spacial score (nSPS) is 9.38. The average molecular weight is 360 g/mol. The summed E-state index contributed by atoms with van der Waals surface area (Å²) < 4.78 is 35.0. The maximum Gasteiger partial charge on any atom is 0.340 e. The molecule has 0 saturated carbocycles. The lowest BCUT2D eigenvalue weighted by Gasteiger charge is -2.02. The van der Waals surface area contributed by atoms with Gasteiger partial charge in [0.1, 0.15) is 11.6 Å². The monoisotopic (exact) mass is 360 g/mol. The molecule has 0 heterocycles. The van der Waals surface area contributed by atoms with E-state index in [1.807, 2.05) is 6.92 Å². The molecule has 0 bridgehead atoms. The van der Waals surface area contributed by atoms with Crippen molar-refractivity contribution in [3.8, 4) is 12.3 Å². The van der Waals surface area contributed by atoms with Crippen LogP contribution in [0.3, 0.4) is 0 Å². The lowest BCUT2D eigenvalue weighted by molar-refractivity contribution is 0.0586. The van der Waals surface area contributed by atoms with E-state index in [2.05, 4.69) is 15.4 Å². The number of hydrogen-bond donors (Lipinski definition) is 0. The summed E-state index contributed by atoms with van der Waals surface area (Å²) in [5.74, 6) is -0.273. The summed E-state index contributed by atoms with van der Waals surface area (Å²) >= 11 is 0. The molecule has 0 spiro atoms. The molecular formula is C20H18F2O4. The van der Waals surface area contributed by atoms with Crippen molar-refractivity contribution in [2.75, 3.05) is 14.2 Å². The predicted octanol–water partition coefficient (Wildman–Crippen LogP) is 3.77. The van der Waals surface area contributed by atoms with Gasteiger partial charge in [0.15, 0.2) is 0 Å². The van der Waals surface area contributed by atoms with Gasteiger partial charge in [0, 0.05) is 5.56 Å². The van der Waals surface area contributed by atoms with Gasteiger partial charge in [-0.05, 0) is 42.3 Å². The van der Waals surface area contributed by atoms with E-state index < -0.39 is 23.6 Å². The van der Waals surface area contributed by atoms with Crippen LogP contribution in [0.1, 0.15) is 38.8 Å². The number of carbonyl (C=O) groups is 2. The predicted molar refractivity (Wildman–Crippen MR) is 92.8 cm³/mol. The molecule has 0 fully saturated rings. The zero-order valence-corrected chi connectivity index (χ0v) is 14.6. The fourth-order valence-corrected chi connectivity index (χ4v) is 1.93. The average Bonchev–Trinajstić information content (AvgIpc) is 2.66. The first-order valence-corrected chi connectivity index (χ1v) is 7.59. The van der Waals surface area contributed by atoms with Crippen LogP contribution >= 0.6 is 0 Å². The molecule has 6 heteroatoms. The van der Waals surface area contributed by atoms with Gasteiger partial charge < -0.3 is 9.47 Å². The maximum absolute atomic E-state index is 13.2. The van der Waals surface area contributed by atoms with E-state index in [1.165, 1.54) is 38.5 Å². The number of aryl methyl sites for hydroxylation is 1. The second kappa shape index (κ2) is 9.94. The minimum atomic E-state index is -0.707. The van der Waals surface area contributed by atoms with Crippen LogP contribution in [-0.4, -0.2) is 26.2 Å². The fraction of sp³-hybridized carbons (Fsp3) is 0.200. The molecule has 136 valence electrons. The molecule has 2 aromatic carbocycles. The van der Waals surface area contributed by atoms with Gasteiger partial charge in [-0.15, -0.1) is 6.42 Å². The van der Waals surface area contributed by atoms with Crippen LogP contribution in [-0.2, 0) is 15.9 Å². The van der Waals surface area contributed by atoms with Crippen LogP contribution in [0.15, 0.2) is 36.4 Å². The van der Waals surface area contributed by atoms with Crippen LogP contribution < -0.4 is 0 Å². The van der Waals surface area contributed by atoms with Gasteiger partial charge >= 0.3 is 11.9 Å². The Morgan fingerprint density at radius 1 is 0.962 bits per heavy atom. The van der Waals surface area contributed by atoms with Crippen LogP contribution in [0, 0.1) is 24.0 Å². The number of benzene rings is 2. The molecule has 0 aliphatic heterocycles. The summed E-state index contributed by atoms with van der Waals surface area (Å²) in [5.41, 5.74) is 1.14. The Balaban J connectivity index is 0.000000260. The highest BCUT2D eigenvalue weighted by molar-refractivity contribution is 5.90. The smallest absolute Gasteiger partial charge is 0.340 e. The first-order valence-electron chi connectivity index (χ1n) is 7.59. The molecule has 2 aromatic rings. The molecule has 0 atom stereocenters. The van der Waals surface area contributed by atoms with Gasteiger partial charge in [-0.1, -0.05) is 18.9 Å². The minimum absolute atomic E-state index is 0.0142. The van der Waals surface area contributed by atoms with E-state index in [9.17, 15) is 18.4 Å². The first kappa shape index (κ1) is 20.8. The molecule has 0 amide bonds. The van der Waals surface area contributed by atoms with Gasteiger partial charge in [0.05, 0.1) is 25.3 Å². The second-order valence-electron chi connectivity index (χ2n) is 4.99. The largest absolute Gasteiger partial charge is 0.465 e. The third kappa shape index (κ3) is 5.42. The van der Waals surface area contributed by atoms with Crippen LogP contribution in [0.25, 0.3) is 0 Å². The molecule has 0 aromatic heterocycles. The standard InChI is InChI=1S/C10H11FO2.C10H7FO2/c2*1-3-7-4-5-8(9(11)6-7)10(12)13-2/h4-6H,3H2,1-2H3;1,4-6H,2H3. The van der Waals surface area contributed by atoms with E-state index in [-0.39, 0.29) is 11.1 Å². The van der Waals surface area contributed by atoms with E-state index in [4.69, 9.17) is 6.42 Å².